The average Bonchev–Trinajstić information content (AvgIpc) is 2.22. The third-order valence-corrected chi connectivity index (χ3v) is 2.32. The van der Waals surface area contributed by atoms with E-state index in [9.17, 15) is 10.2 Å². The largest absolute Gasteiger partial charge is 0.396 e. The molecule has 0 aromatic heterocycles. The van der Waals surface area contributed by atoms with Gasteiger partial charge < -0.3 is 25.2 Å². The lowest BCUT2D eigenvalue weighted by Crippen LogP contribution is -2.42. The smallest absolute Gasteiger partial charge is 0.0874 e. The first-order valence-corrected chi connectivity index (χ1v) is 4.65. The molecule has 14 heavy (non-hydrogen) atoms. The topological polar surface area (TPSA) is 90.2 Å². The van der Waals surface area contributed by atoms with Crippen molar-refractivity contribution in [2.24, 2.45) is 11.8 Å². The molecule has 5 nitrogen and oxygen atoms in total. The molecule has 0 rings (SSSR count). The second-order valence-electron chi connectivity index (χ2n) is 3.54. The zero-order valence-electron chi connectivity index (χ0n) is 8.63. The van der Waals surface area contributed by atoms with Gasteiger partial charge in [-0.05, 0) is 0 Å². The minimum absolute atomic E-state index is 0.173. The molecule has 4 unspecified atom stereocenters. The standard InChI is InChI=1S/C9H20O5/c1-6(3-10)8(12)9(13)7(4-11)5-14-2/h6-13H,3-5H2,1-2H3. The van der Waals surface area contributed by atoms with E-state index in [0.717, 1.165) is 0 Å². The van der Waals surface area contributed by atoms with Crippen molar-refractivity contribution in [1.29, 1.82) is 0 Å². The molecule has 0 fully saturated rings. The summed E-state index contributed by atoms with van der Waals surface area (Å²) >= 11 is 0. The quantitative estimate of drug-likeness (QED) is 0.413. The molecule has 0 aromatic rings. The van der Waals surface area contributed by atoms with Crippen LogP contribution in [0.25, 0.3) is 0 Å². The van der Waals surface area contributed by atoms with Crippen LogP contribution in [0, 0.1) is 11.8 Å². The van der Waals surface area contributed by atoms with Crippen LogP contribution in [-0.4, -0.2) is 59.6 Å². The summed E-state index contributed by atoms with van der Waals surface area (Å²) in [7, 11) is 1.46. The van der Waals surface area contributed by atoms with Crippen molar-refractivity contribution in [2.45, 2.75) is 19.1 Å². The van der Waals surface area contributed by atoms with Gasteiger partial charge in [-0.3, -0.25) is 0 Å². The fraction of sp³-hybridized carbons (Fsp3) is 1.00. The summed E-state index contributed by atoms with van der Waals surface area (Å²) < 4.78 is 4.79. The van der Waals surface area contributed by atoms with Gasteiger partial charge >= 0.3 is 0 Å². The highest BCUT2D eigenvalue weighted by Crippen LogP contribution is 2.14. The number of hydrogen-bond acceptors (Lipinski definition) is 5. The van der Waals surface area contributed by atoms with Crippen molar-refractivity contribution < 1.29 is 25.2 Å². The van der Waals surface area contributed by atoms with Crippen LogP contribution in [0.3, 0.4) is 0 Å². The molecule has 0 saturated carbocycles. The van der Waals surface area contributed by atoms with Crippen molar-refractivity contribution in [2.75, 3.05) is 26.9 Å². The number of rotatable bonds is 7. The van der Waals surface area contributed by atoms with E-state index in [4.69, 9.17) is 14.9 Å². The van der Waals surface area contributed by atoms with Crippen molar-refractivity contribution in [3.05, 3.63) is 0 Å². The Morgan fingerprint density at radius 2 is 1.64 bits per heavy atom. The molecule has 0 aliphatic rings. The first kappa shape index (κ1) is 13.8. The number of aliphatic hydroxyl groups excluding tert-OH is 4. The summed E-state index contributed by atoms with van der Waals surface area (Å²) in [4.78, 5) is 0. The zero-order valence-corrected chi connectivity index (χ0v) is 8.63. The summed E-state index contributed by atoms with van der Waals surface area (Å²) in [6.07, 6.45) is -2.13. The molecule has 86 valence electrons. The van der Waals surface area contributed by atoms with Crippen LogP contribution in [0.4, 0.5) is 0 Å². The molecule has 0 heterocycles. The summed E-state index contributed by atoms with van der Waals surface area (Å²) in [5.41, 5.74) is 0. The molecule has 0 bridgehead atoms. The van der Waals surface area contributed by atoms with Gasteiger partial charge in [-0.15, -0.1) is 0 Å². The lowest BCUT2D eigenvalue weighted by atomic mass is 9.92. The molecule has 0 aromatic carbocycles. The summed E-state index contributed by atoms with van der Waals surface area (Å²) in [5.74, 6) is -0.945. The maximum atomic E-state index is 9.61. The Morgan fingerprint density at radius 3 is 2.00 bits per heavy atom. The fourth-order valence-electron chi connectivity index (χ4n) is 1.20. The maximum absolute atomic E-state index is 9.61. The maximum Gasteiger partial charge on any atom is 0.0874 e. The molecule has 0 spiro atoms. The van der Waals surface area contributed by atoms with Crippen molar-refractivity contribution in [3.63, 3.8) is 0 Å². The lowest BCUT2D eigenvalue weighted by Gasteiger charge is -2.27. The predicted octanol–water partition coefficient (Wildman–Crippen LogP) is -1.41. The third-order valence-electron chi connectivity index (χ3n) is 2.32. The second-order valence-corrected chi connectivity index (χ2v) is 3.54. The van der Waals surface area contributed by atoms with Crippen molar-refractivity contribution in [1.82, 2.24) is 0 Å². The molecule has 0 radical (unpaired) electrons. The molecule has 0 saturated heterocycles. The van der Waals surface area contributed by atoms with Crippen LogP contribution in [0.1, 0.15) is 6.92 Å². The highest BCUT2D eigenvalue weighted by molar-refractivity contribution is 4.78. The number of aliphatic hydroxyl groups is 4. The Hall–Kier alpha value is -0.200. The highest BCUT2D eigenvalue weighted by atomic mass is 16.5. The minimum Gasteiger partial charge on any atom is -0.396 e. The molecule has 0 amide bonds. The minimum atomic E-state index is -1.08. The Labute approximate surface area is 83.9 Å². The molecule has 4 atom stereocenters. The normalized spacial score (nSPS) is 20.1. The molecule has 4 N–H and O–H groups in total. The van der Waals surface area contributed by atoms with Crippen LogP contribution in [0.5, 0.6) is 0 Å². The number of hydrogen-bond donors (Lipinski definition) is 4. The van der Waals surface area contributed by atoms with Gasteiger partial charge in [0.05, 0.1) is 25.4 Å². The van der Waals surface area contributed by atoms with Crippen LogP contribution < -0.4 is 0 Å². The van der Waals surface area contributed by atoms with Gasteiger partial charge in [-0.1, -0.05) is 6.92 Å². The van der Waals surface area contributed by atoms with E-state index in [2.05, 4.69) is 0 Å². The molecule has 0 aliphatic carbocycles. The summed E-state index contributed by atoms with van der Waals surface area (Å²) in [6.45, 7) is 1.33. The van der Waals surface area contributed by atoms with Crippen LogP contribution in [0.15, 0.2) is 0 Å². The molecular weight excluding hydrogens is 188 g/mol. The fourth-order valence-corrected chi connectivity index (χ4v) is 1.20. The monoisotopic (exact) mass is 208 g/mol. The van der Waals surface area contributed by atoms with E-state index in [1.165, 1.54) is 7.11 Å². The molecular formula is C9H20O5. The van der Waals surface area contributed by atoms with E-state index < -0.39 is 24.0 Å². The Balaban J connectivity index is 4.17. The average molecular weight is 208 g/mol. The molecule has 0 aliphatic heterocycles. The van der Waals surface area contributed by atoms with Crippen LogP contribution in [0.2, 0.25) is 0 Å². The van der Waals surface area contributed by atoms with Crippen molar-refractivity contribution in [3.8, 4) is 0 Å². The first-order valence-electron chi connectivity index (χ1n) is 4.65. The van der Waals surface area contributed by atoms with Gasteiger partial charge in [0.15, 0.2) is 0 Å². The van der Waals surface area contributed by atoms with Gasteiger partial charge in [-0.25, -0.2) is 0 Å². The van der Waals surface area contributed by atoms with Gasteiger partial charge in [0.2, 0.25) is 0 Å². The Morgan fingerprint density at radius 1 is 1.07 bits per heavy atom. The highest BCUT2D eigenvalue weighted by Gasteiger charge is 2.29. The van der Waals surface area contributed by atoms with Gasteiger partial charge in [0.1, 0.15) is 0 Å². The number of ether oxygens (including phenoxy) is 1. The first-order chi connectivity index (χ1) is 6.58. The predicted molar refractivity (Wildman–Crippen MR) is 50.7 cm³/mol. The Bertz CT molecular complexity index is 139. The van der Waals surface area contributed by atoms with E-state index in [1.807, 2.05) is 0 Å². The van der Waals surface area contributed by atoms with E-state index in [1.54, 1.807) is 6.92 Å². The summed E-state index contributed by atoms with van der Waals surface area (Å²) in [5, 5.41) is 36.8. The SMILES string of the molecule is COCC(CO)C(O)C(O)C(C)CO. The Kier molecular flexibility index (Phi) is 7.04. The van der Waals surface area contributed by atoms with Gasteiger partial charge in [-0.2, -0.15) is 0 Å². The second kappa shape index (κ2) is 7.14. The van der Waals surface area contributed by atoms with Crippen molar-refractivity contribution >= 4 is 0 Å². The van der Waals surface area contributed by atoms with E-state index >= 15 is 0 Å². The number of methoxy groups -OCH3 is 1. The third kappa shape index (κ3) is 3.89. The zero-order chi connectivity index (χ0) is 11.1. The van der Waals surface area contributed by atoms with E-state index in [-0.39, 0.29) is 19.8 Å². The van der Waals surface area contributed by atoms with Crippen LogP contribution >= 0.6 is 0 Å². The molecule has 5 heteroatoms. The lowest BCUT2D eigenvalue weighted by molar-refractivity contribution is -0.0798. The van der Waals surface area contributed by atoms with Gasteiger partial charge in [0, 0.05) is 25.6 Å². The summed E-state index contributed by atoms with van der Waals surface area (Å²) in [6, 6.07) is 0. The van der Waals surface area contributed by atoms with E-state index in [0.29, 0.717) is 0 Å². The van der Waals surface area contributed by atoms with Crippen LogP contribution in [-0.2, 0) is 4.74 Å². The van der Waals surface area contributed by atoms with Gasteiger partial charge in [0.25, 0.3) is 0 Å².